The molecule has 0 aliphatic carbocycles. The van der Waals surface area contributed by atoms with Crippen LogP contribution in [0.5, 0.6) is 0 Å². The molecular formula is C33H34ClN7O2. The van der Waals surface area contributed by atoms with E-state index >= 15 is 0 Å². The first-order valence-corrected chi connectivity index (χ1v) is 14.7. The van der Waals surface area contributed by atoms with Crippen LogP contribution in [0, 0.1) is 0 Å². The number of pyridine rings is 2. The number of carbonyl (C=O) groups excluding carboxylic acids is 1. The minimum atomic E-state index is -0.495. The quantitative estimate of drug-likeness (QED) is 0.249. The van der Waals surface area contributed by atoms with Gasteiger partial charge in [0.05, 0.1) is 11.3 Å². The van der Waals surface area contributed by atoms with Gasteiger partial charge in [0, 0.05) is 55.2 Å². The maximum absolute atomic E-state index is 12.4. The van der Waals surface area contributed by atoms with E-state index in [0.29, 0.717) is 35.4 Å². The molecule has 5 aromatic rings. The molecule has 0 unspecified atom stereocenters. The van der Waals surface area contributed by atoms with Crippen LogP contribution in [0.15, 0.2) is 79.0 Å². The van der Waals surface area contributed by atoms with Gasteiger partial charge in [-0.2, -0.15) is 0 Å². The van der Waals surface area contributed by atoms with E-state index in [9.17, 15) is 4.79 Å². The number of hydrogen-bond acceptors (Lipinski definition) is 7. The lowest BCUT2D eigenvalue weighted by molar-refractivity contribution is 0.0139. The number of aromatic nitrogens is 4. The molecule has 0 spiro atoms. The molecule has 6 rings (SSSR count). The number of imidazole rings is 1. The van der Waals surface area contributed by atoms with Gasteiger partial charge in [-0.15, -0.1) is 0 Å². The van der Waals surface area contributed by atoms with E-state index in [4.69, 9.17) is 32.0 Å². The van der Waals surface area contributed by atoms with Crippen molar-refractivity contribution in [2.75, 3.05) is 31.9 Å². The Kier molecular flexibility index (Phi) is 7.77. The number of ether oxygens (including phenoxy) is 1. The summed E-state index contributed by atoms with van der Waals surface area (Å²) in [4.78, 5) is 30.8. The molecule has 43 heavy (non-hydrogen) atoms. The van der Waals surface area contributed by atoms with Crippen LogP contribution in [0.1, 0.15) is 26.3 Å². The highest BCUT2D eigenvalue weighted by Gasteiger charge is 2.26. The van der Waals surface area contributed by atoms with Gasteiger partial charge >= 0.3 is 6.09 Å². The summed E-state index contributed by atoms with van der Waals surface area (Å²) >= 11 is 6.28. The van der Waals surface area contributed by atoms with Crippen molar-refractivity contribution in [3.63, 3.8) is 0 Å². The molecule has 9 nitrogen and oxygen atoms in total. The van der Waals surface area contributed by atoms with Gasteiger partial charge in [-0.25, -0.2) is 19.7 Å². The van der Waals surface area contributed by atoms with Crippen molar-refractivity contribution >= 4 is 34.7 Å². The van der Waals surface area contributed by atoms with Crippen LogP contribution in [0.4, 0.5) is 10.6 Å². The average molecular weight is 596 g/mol. The van der Waals surface area contributed by atoms with E-state index in [2.05, 4.69) is 34.1 Å². The van der Waals surface area contributed by atoms with Gasteiger partial charge in [0.25, 0.3) is 0 Å². The second-order valence-electron chi connectivity index (χ2n) is 11.7. The molecule has 220 valence electrons. The Morgan fingerprint density at radius 2 is 1.72 bits per heavy atom. The van der Waals surface area contributed by atoms with Crippen molar-refractivity contribution in [2.45, 2.75) is 32.9 Å². The lowest BCUT2D eigenvalue weighted by Crippen LogP contribution is -2.49. The summed E-state index contributed by atoms with van der Waals surface area (Å²) in [6.07, 6.45) is 1.42. The Morgan fingerprint density at radius 3 is 2.42 bits per heavy atom. The zero-order valence-corrected chi connectivity index (χ0v) is 25.3. The molecule has 1 saturated heterocycles. The van der Waals surface area contributed by atoms with Gasteiger partial charge in [-0.05, 0) is 74.9 Å². The Labute approximate surface area is 255 Å². The summed E-state index contributed by atoms with van der Waals surface area (Å²) in [6, 6.07) is 23.8. The van der Waals surface area contributed by atoms with Gasteiger partial charge in [0.2, 0.25) is 0 Å². The summed E-state index contributed by atoms with van der Waals surface area (Å²) in [5.41, 5.74) is 11.8. The normalized spacial score (nSPS) is 14.3. The third-order valence-corrected chi connectivity index (χ3v) is 7.56. The summed E-state index contributed by atoms with van der Waals surface area (Å²) in [5.74, 6) is 1.07. The zero-order chi connectivity index (χ0) is 30.1. The molecule has 4 heterocycles. The van der Waals surface area contributed by atoms with Crippen LogP contribution in [0.3, 0.4) is 0 Å². The van der Waals surface area contributed by atoms with Crippen LogP contribution in [0.2, 0.25) is 5.02 Å². The monoisotopic (exact) mass is 595 g/mol. The molecule has 0 saturated carbocycles. The number of rotatable bonds is 5. The number of amides is 1. The van der Waals surface area contributed by atoms with Crippen LogP contribution >= 0.6 is 11.6 Å². The molecule has 3 aromatic heterocycles. The average Bonchev–Trinajstić information content (AvgIpc) is 3.36. The molecule has 2 N–H and O–H groups in total. The van der Waals surface area contributed by atoms with Crippen molar-refractivity contribution in [3.05, 3.63) is 89.6 Å². The largest absolute Gasteiger partial charge is 0.444 e. The second kappa shape index (κ2) is 11.7. The number of hydrogen-bond donors (Lipinski definition) is 1. The molecule has 2 aromatic carbocycles. The maximum atomic E-state index is 12.4. The first kappa shape index (κ1) is 28.6. The smallest absolute Gasteiger partial charge is 0.410 e. The van der Waals surface area contributed by atoms with E-state index in [-0.39, 0.29) is 6.09 Å². The second-order valence-corrected chi connectivity index (χ2v) is 12.1. The molecule has 1 amide bonds. The van der Waals surface area contributed by atoms with Gasteiger partial charge in [-0.3, -0.25) is 9.47 Å². The molecule has 1 aliphatic rings. The summed E-state index contributed by atoms with van der Waals surface area (Å²) in [6.45, 7) is 9.31. The van der Waals surface area contributed by atoms with Gasteiger partial charge in [0.1, 0.15) is 16.9 Å². The third-order valence-electron chi connectivity index (χ3n) is 7.33. The van der Waals surface area contributed by atoms with E-state index in [1.165, 1.54) is 5.56 Å². The van der Waals surface area contributed by atoms with Crippen molar-refractivity contribution < 1.29 is 9.53 Å². The summed E-state index contributed by atoms with van der Waals surface area (Å²) in [5, 5.41) is 0.651. The first-order chi connectivity index (χ1) is 20.6. The van der Waals surface area contributed by atoms with Crippen LogP contribution in [0.25, 0.3) is 39.5 Å². The van der Waals surface area contributed by atoms with E-state index < -0.39 is 5.60 Å². The standard InChI is InChI=1S/C33H34ClN7O2/c1-33(2,3)43-32(42)40-18-16-39(17-19-40)21-22-9-11-25(12-10-22)41-30(26-8-5-15-36-29(26)35)38-28-14-13-27(37-31(28)41)23-6-4-7-24(34)20-23/h4-15,20H,16-19,21H2,1-3H3,(H2,35,36). The molecule has 0 bridgehead atoms. The van der Waals surface area contributed by atoms with Crippen LogP contribution in [-0.4, -0.2) is 67.2 Å². The van der Waals surface area contributed by atoms with Crippen molar-refractivity contribution in [1.82, 2.24) is 29.3 Å². The highest BCUT2D eigenvalue weighted by atomic mass is 35.5. The predicted octanol–water partition coefficient (Wildman–Crippen LogP) is 6.44. The maximum Gasteiger partial charge on any atom is 0.410 e. The van der Waals surface area contributed by atoms with Crippen molar-refractivity contribution in [2.24, 2.45) is 0 Å². The molecule has 10 heteroatoms. The van der Waals surface area contributed by atoms with Gasteiger partial charge in [0.15, 0.2) is 11.5 Å². The Bertz CT molecular complexity index is 1770. The van der Waals surface area contributed by atoms with Crippen molar-refractivity contribution in [1.29, 1.82) is 0 Å². The highest BCUT2D eigenvalue weighted by molar-refractivity contribution is 6.30. The van der Waals surface area contributed by atoms with Crippen LogP contribution in [-0.2, 0) is 11.3 Å². The fourth-order valence-electron chi connectivity index (χ4n) is 5.22. The fraction of sp³-hybridized carbons (Fsp3) is 0.273. The highest BCUT2D eigenvalue weighted by Crippen LogP contribution is 2.32. The predicted molar refractivity (Wildman–Crippen MR) is 170 cm³/mol. The molecule has 1 fully saturated rings. The number of halogens is 1. The SMILES string of the molecule is CC(C)(C)OC(=O)N1CCN(Cc2ccc(-n3c(-c4cccnc4N)nc4ccc(-c5cccc(Cl)c5)nc43)cc2)CC1. The fourth-order valence-corrected chi connectivity index (χ4v) is 5.41. The number of anilines is 1. The van der Waals surface area contributed by atoms with Gasteiger partial charge in [-0.1, -0.05) is 35.9 Å². The lowest BCUT2D eigenvalue weighted by Gasteiger charge is -2.35. The van der Waals surface area contributed by atoms with E-state index in [1.54, 1.807) is 11.1 Å². The number of nitrogen functional groups attached to an aromatic ring is 1. The number of carbonyl (C=O) groups is 1. The number of nitrogens with two attached hydrogens (primary N) is 1. The summed E-state index contributed by atoms with van der Waals surface area (Å²) in [7, 11) is 0. The molecule has 0 radical (unpaired) electrons. The topological polar surface area (TPSA) is 102 Å². The van der Waals surface area contributed by atoms with E-state index in [1.807, 2.05) is 73.9 Å². The molecular weight excluding hydrogens is 562 g/mol. The summed E-state index contributed by atoms with van der Waals surface area (Å²) < 4.78 is 7.56. The lowest BCUT2D eigenvalue weighted by atomic mass is 10.1. The third kappa shape index (κ3) is 6.33. The Morgan fingerprint density at radius 1 is 0.953 bits per heavy atom. The Balaban J connectivity index is 1.28. The Hall–Kier alpha value is -4.47. The minimum absolute atomic E-state index is 0.249. The molecule has 0 atom stereocenters. The minimum Gasteiger partial charge on any atom is -0.444 e. The first-order valence-electron chi connectivity index (χ1n) is 14.3. The van der Waals surface area contributed by atoms with Crippen LogP contribution < -0.4 is 5.73 Å². The molecule has 1 aliphatic heterocycles. The zero-order valence-electron chi connectivity index (χ0n) is 24.5. The number of nitrogens with zero attached hydrogens (tertiary/aromatic N) is 6. The van der Waals surface area contributed by atoms with Gasteiger partial charge < -0.3 is 15.4 Å². The number of piperazine rings is 1. The van der Waals surface area contributed by atoms with Crippen molar-refractivity contribution in [3.8, 4) is 28.3 Å². The number of fused-ring (bicyclic) bond motifs is 1. The van der Waals surface area contributed by atoms with E-state index in [0.717, 1.165) is 47.7 Å². The number of benzene rings is 2.